The van der Waals surface area contributed by atoms with E-state index in [0.717, 1.165) is 54.6 Å². The Bertz CT molecular complexity index is 1480. The molecule has 10 nitrogen and oxygen atoms in total. The summed E-state index contributed by atoms with van der Waals surface area (Å²) in [5, 5.41) is 33.3. The monoisotopic (exact) mass is 513 g/mol. The molecule has 0 spiro atoms. The number of non-ortho nitro benzene ring substituents is 2. The number of alkyl halides is 3. The molecule has 1 aliphatic heterocycles. The van der Waals surface area contributed by atoms with Gasteiger partial charge in [0.2, 0.25) is 0 Å². The molecule has 0 aliphatic carbocycles. The molecule has 0 radical (unpaired) electrons. The Labute approximate surface area is 205 Å². The van der Waals surface area contributed by atoms with Gasteiger partial charge in [0.1, 0.15) is 5.76 Å². The molecule has 1 aliphatic rings. The molecule has 1 saturated heterocycles. The van der Waals surface area contributed by atoms with Crippen LogP contribution in [0.15, 0.2) is 78.4 Å². The van der Waals surface area contributed by atoms with Crippen LogP contribution in [0.1, 0.15) is 22.7 Å². The summed E-state index contributed by atoms with van der Waals surface area (Å²) < 4.78 is 40.1. The van der Waals surface area contributed by atoms with Crippen LogP contribution in [0.25, 0.3) is 5.76 Å². The Kier molecular flexibility index (Phi) is 6.21. The van der Waals surface area contributed by atoms with Crippen LogP contribution in [0, 0.1) is 20.2 Å². The van der Waals surface area contributed by atoms with Crippen LogP contribution in [-0.2, 0) is 15.8 Å². The first-order valence-corrected chi connectivity index (χ1v) is 10.4. The summed E-state index contributed by atoms with van der Waals surface area (Å²) in [7, 11) is 0. The molecular weight excluding hydrogens is 499 g/mol. The van der Waals surface area contributed by atoms with Gasteiger partial charge in [-0.3, -0.25) is 34.7 Å². The number of amides is 1. The first-order valence-electron chi connectivity index (χ1n) is 10.4. The van der Waals surface area contributed by atoms with Gasteiger partial charge in [0.15, 0.2) is 0 Å². The molecule has 4 rings (SSSR count). The fraction of sp³-hybridized carbons (Fsp3) is 0.0833. The van der Waals surface area contributed by atoms with E-state index >= 15 is 0 Å². The number of benzene rings is 3. The van der Waals surface area contributed by atoms with Crippen LogP contribution in [0.5, 0.6) is 0 Å². The number of carbonyl (C=O) groups is 2. The van der Waals surface area contributed by atoms with Crippen molar-refractivity contribution in [3.8, 4) is 0 Å². The first kappa shape index (κ1) is 25.0. The molecule has 188 valence electrons. The van der Waals surface area contributed by atoms with Crippen molar-refractivity contribution in [2.75, 3.05) is 4.90 Å². The van der Waals surface area contributed by atoms with Gasteiger partial charge in [0.05, 0.1) is 27.0 Å². The lowest BCUT2D eigenvalue weighted by molar-refractivity contribution is -0.385. The number of carbonyl (C=O) groups excluding carboxylic acids is 2. The molecule has 1 atom stereocenters. The van der Waals surface area contributed by atoms with Crippen LogP contribution in [0.2, 0.25) is 0 Å². The molecule has 1 N–H and O–H groups in total. The van der Waals surface area contributed by atoms with Gasteiger partial charge in [0, 0.05) is 35.5 Å². The minimum atomic E-state index is -4.77. The first-order chi connectivity index (χ1) is 17.4. The summed E-state index contributed by atoms with van der Waals surface area (Å²) in [5.41, 5.74) is -2.89. The predicted octanol–water partition coefficient (Wildman–Crippen LogP) is 5.15. The number of anilines is 1. The number of hydrogen-bond donors (Lipinski definition) is 1. The summed E-state index contributed by atoms with van der Waals surface area (Å²) in [4.78, 5) is 47.7. The highest BCUT2D eigenvalue weighted by molar-refractivity contribution is 6.51. The van der Waals surface area contributed by atoms with E-state index in [-0.39, 0.29) is 22.5 Å². The molecule has 3 aromatic carbocycles. The summed E-state index contributed by atoms with van der Waals surface area (Å²) >= 11 is 0. The number of halogens is 3. The average molecular weight is 513 g/mol. The molecule has 0 bridgehead atoms. The topological polar surface area (TPSA) is 144 Å². The molecule has 3 aromatic rings. The standard InChI is InChI=1S/C24H14F3N3O7/c25-24(26,27)15-4-2-5-17(12-15)28-20(14-3-1-6-18(11-14)30(36)37)19(22(32)23(28)33)21(31)13-7-9-16(10-8-13)29(34)35/h1-12,20,31H/b21-19+/t20-/m0/s1. The van der Waals surface area contributed by atoms with Crippen molar-refractivity contribution in [2.24, 2.45) is 0 Å². The second-order valence-corrected chi connectivity index (χ2v) is 7.87. The minimum Gasteiger partial charge on any atom is -0.507 e. The van der Waals surface area contributed by atoms with Crippen LogP contribution in [0.4, 0.5) is 30.2 Å². The number of hydrogen-bond acceptors (Lipinski definition) is 7. The normalized spacial score (nSPS) is 17.2. The number of aliphatic hydroxyl groups excluding tert-OH is 1. The average Bonchev–Trinajstić information content (AvgIpc) is 3.13. The second kappa shape index (κ2) is 9.18. The number of nitro groups is 2. The Balaban J connectivity index is 1.96. The highest BCUT2D eigenvalue weighted by Gasteiger charge is 2.47. The summed E-state index contributed by atoms with van der Waals surface area (Å²) in [6, 6.07) is 11.1. The van der Waals surface area contributed by atoms with Gasteiger partial charge in [-0.2, -0.15) is 13.2 Å². The highest BCUT2D eigenvalue weighted by Crippen LogP contribution is 2.44. The van der Waals surface area contributed by atoms with Crippen LogP contribution >= 0.6 is 0 Å². The summed E-state index contributed by atoms with van der Waals surface area (Å²) in [6.07, 6.45) is -4.77. The van der Waals surface area contributed by atoms with Crippen molar-refractivity contribution in [2.45, 2.75) is 12.2 Å². The zero-order chi connectivity index (χ0) is 27.1. The maximum absolute atomic E-state index is 13.4. The van der Waals surface area contributed by atoms with Gasteiger partial charge < -0.3 is 5.11 Å². The number of nitrogens with zero attached hydrogens (tertiary/aromatic N) is 3. The van der Waals surface area contributed by atoms with E-state index in [4.69, 9.17) is 0 Å². The maximum Gasteiger partial charge on any atom is 0.416 e. The van der Waals surface area contributed by atoms with E-state index in [0.29, 0.717) is 11.0 Å². The van der Waals surface area contributed by atoms with Crippen molar-refractivity contribution in [3.05, 3.63) is 115 Å². The Morgan fingerprint density at radius 3 is 2.08 bits per heavy atom. The molecule has 13 heteroatoms. The van der Waals surface area contributed by atoms with Crippen molar-refractivity contribution in [3.63, 3.8) is 0 Å². The fourth-order valence-corrected chi connectivity index (χ4v) is 3.95. The van der Waals surface area contributed by atoms with Gasteiger partial charge in [-0.25, -0.2) is 0 Å². The van der Waals surface area contributed by atoms with Gasteiger partial charge >= 0.3 is 6.18 Å². The van der Waals surface area contributed by atoms with Crippen LogP contribution in [0.3, 0.4) is 0 Å². The summed E-state index contributed by atoms with van der Waals surface area (Å²) in [5.74, 6) is -3.30. The number of rotatable bonds is 5. The van der Waals surface area contributed by atoms with E-state index in [9.17, 15) is 48.1 Å². The molecule has 1 fully saturated rings. The number of Topliss-reactive ketones (excluding diaryl/α,β-unsaturated/α-hetero) is 1. The molecule has 1 heterocycles. The van der Waals surface area contributed by atoms with E-state index < -0.39 is 56.3 Å². The SMILES string of the molecule is O=C1C(=O)N(c2cccc(C(F)(F)F)c2)[C@@H](c2cccc([N+](=O)[O-])c2)/C1=C(\O)c1ccc([N+](=O)[O-])cc1. The van der Waals surface area contributed by atoms with Crippen molar-refractivity contribution in [1.29, 1.82) is 0 Å². The molecule has 37 heavy (non-hydrogen) atoms. The van der Waals surface area contributed by atoms with Gasteiger partial charge in [-0.15, -0.1) is 0 Å². The summed E-state index contributed by atoms with van der Waals surface area (Å²) in [6.45, 7) is 0. The fourth-order valence-electron chi connectivity index (χ4n) is 3.95. The van der Waals surface area contributed by atoms with E-state index in [1.807, 2.05) is 0 Å². The van der Waals surface area contributed by atoms with E-state index in [2.05, 4.69) is 0 Å². The predicted molar refractivity (Wildman–Crippen MR) is 122 cm³/mol. The molecule has 0 saturated carbocycles. The van der Waals surface area contributed by atoms with Gasteiger partial charge in [-0.1, -0.05) is 18.2 Å². The quantitative estimate of drug-likeness (QED) is 0.163. The zero-order valence-electron chi connectivity index (χ0n) is 18.4. The van der Waals surface area contributed by atoms with Gasteiger partial charge in [-0.05, 0) is 35.9 Å². The number of nitro benzene ring substituents is 2. The number of aliphatic hydroxyl groups is 1. The maximum atomic E-state index is 13.4. The molecule has 1 amide bonds. The van der Waals surface area contributed by atoms with Crippen LogP contribution in [-0.4, -0.2) is 26.6 Å². The second-order valence-electron chi connectivity index (χ2n) is 7.87. The van der Waals surface area contributed by atoms with Crippen LogP contribution < -0.4 is 4.90 Å². The minimum absolute atomic E-state index is 0.0331. The largest absolute Gasteiger partial charge is 0.507 e. The molecule has 0 aromatic heterocycles. The Morgan fingerprint density at radius 2 is 1.49 bits per heavy atom. The number of ketones is 1. The molecule has 0 unspecified atom stereocenters. The van der Waals surface area contributed by atoms with Crippen molar-refractivity contribution in [1.82, 2.24) is 0 Å². The smallest absolute Gasteiger partial charge is 0.416 e. The third-order valence-electron chi connectivity index (χ3n) is 5.64. The lowest BCUT2D eigenvalue weighted by Gasteiger charge is -2.26. The lowest BCUT2D eigenvalue weighted by atomic mass is 9.94. The lowest BCUT2D eigenvalue weighted by Crippen LogP contribution is -2.29. The van der Waals surface area contributed by atoms with Gasteiger partial charge in [0.25, 0.3) is 23.1 Å². The van der Waals surface area contributed by atoms with Crippen molar-refractivity contribution < 1.29 is 37.7 Å². The Hall–Kier alpha value is -5.07. The van der Waals surface area contributed by atoms with E-state index in [1.54, 1.807) is 0 Å². The van der Waals surface area contributed by atoms with E-state index in [1.165, 1.54) is 12.1 Å². The third-order valence-corrected chi connectivity index (χ3v) is 5.64. The molecular formula is C24H14F3N3O7. The third kappa shape index (κ3) is 4.61. The highest BCUT2D eigenvalue weighted by atomic mass is 19.4. The Morgan fingerprint density at radius 1 is 0.865 bits per heavy atom. The zero-order valence-corrected chi connectivity index (χ0v) is 18.4. The van der Waals surface area contributed by atoms with Crippen molar-refractivity contribution >= 4 is 34.5 Å².